The number of hydrogen-bond donors (Lipinski definition) is 1. The van der Waals surface area contributed by atoms with E-state index in [0.717, 1.165) is 12.6 Å². The molecule has 0 saturated carbocycles. The lowest BCUT2D eigenvalue weighted by molar-refractivity contribution is -0.757. The van der Waals surface area contributed by atoms with Gasteiger partial charge in [-0.25, -0.2) is 4.84 Å². The molecule has 1 aromatic carbocycles. The standard InChI is InChI=1S/C9H14N3O4S/c1-8-4-6-9(7-5-8)17(14,15)11(2)12(13)10-16-3/h4-7H,1-3H3,(H,10,13)/q+1. The highest BCUT2D eigenvalue weighted by molar-refractivity contribution is 7.89. The first-order chi connectivity index (χ1) is 7.89. The normalized spacial score (nSPS) is 11.0. The van der Waals surface area contributed by atoms with Gasteiger partial charge < -0.3 is 0 Å². The molecule has 0 amide bonds. The second-order valence-electron chi connectivity index (χ2n) is 3.32. The lowest BCUT2D eigenvalue weighted by Crippen LogP contribution is -2.42. The van der Waals surface area contributed by atoms with E-state index in [4.69, 9.17) is 0 Å². The fourth-order valence-electron chi connectivity index (χ4n) is 1.10. The molecule has 0 aliphatic carbocycles. The monoisotopic (exact) mass is 260 g/mol. The smallest absolute Gasteiger partial charge is 0.226 e. The summed E-state index contributed by atoms with van der Waals surface area (Å²) in [7, 11) is -1.55. The Labute approximate surface area is 99.5 Å². The summed E-state index contributed by atoms with van der Waals surface area (Å²) < 4.78 is 24.4. The van der Waals surface area contributed by atoms with Gasteiger partial charge >= 0.3 is 10.0 Å². The molecule has 8 heteroatoms. The van der Waals surface area contributed by atoms with Crippen molar-refractivity contribution in [1.29, 1.82) is 0 Å². The van der Waals surface area contributed by atoms with E-state index in [1.165, 1.54) is 19.2 Å². The van der Waals surface area contributed by atoms with Gasteiger partial charge in [0.05, 0.1) is 24.0 Å². The van der Waals surface area contributed by atoms with Crippen LogP contribution < -0.4 is 5.59 Å². The molecule has 0 spiro atoms. The molecule has 0 saturated heterocycles. The van der Waals surface area contributed by atoms with Crippen LogP contribution in [0.2, 0.25) is 0 Å². The van der Waals surface area contributed by atoms with Crippen LogP contribution in [0.15, 0.2) is 29.2 Å². The highest BCUT2D eigenvalue weighted by atomic mass is 32.2. The lowest BCUT2D eigenvalue weighted by Gasteiger charge is -2.08. The molecule has 0 aliphatic rings. The molecule has 1 N–H and O–H groups in total. The molecule has 0 heterocycles. The summed E-state index contributed by atoms with van der Waals surface area (Å²) in [4.78, 5) is 15.6. The fourth-order valence-corrected chi connectivity index (χ4v) is 2.11. The molecule has 1 rings (SSSR count). The van der Waals surface area contributed by atoms with Gasteiger partial charge in [-0.2, -0.15) is 8.42 Å². The number of aryl methyl sites for hydroxylation is 1. The van der Waals surface area contributed by atoms with Crippen molar-refractivity contribution < 1.29 is 18.2 Å². The predicted octanol–water partition coefficient (Wildman–Crippen LogP) is 0.375. The maximum absolute atomic E-state index is 11.9. The molecular weight excluding hydrogens is 246 g/mol. The number of nitrogens with zero attached hydrogens (tertiary/aromatic N) is 2. The molecule has 0 fully saturated rings. The number of nitrogens with one attached hydrogen (secondary N) is 1. The van der Waals surface area contributed by atoms with Crippen LogP contribution in [0.1, 0.15) is 5.56 Å². The van der Waals surface area contributed by atoms with Crippen LogP contribution in [0.5, 0.6) is 0 Å². The van der Waals surface area contributed by atoms with E-state index in [-0.39, 0.29) is 9.87 Å². The number of hydrogen-bond acceptors (Lipinski definition) is 4. The average Bonchev–Trinajstić information content (AvgIpc) is 2.29. The molecule has 0 atom stereocenters. The van der Waals surface area contributed by atoms with Gasteiger partial charge in [-0.1, -0.05) is 17.7 Å². The van der Waals surface area contributed by atoms with Gasteiger partial charge in [0.25, 0.3) is 4.98 Å². The minimum absolute atomic E-state index is 0.0187. The van der Waals surface area contributed by atoms with E-state index < -0.39 is 10.0 Å². The number of hydrazine groups is 2. The first-order valence-electron chi connectivity index (χ1n) is 4.71. The first-order valence-corrected chi connectivity index (χ1v) is 6.15. The summed E-state index contributed by atoms with van der Waals surface area (Å²) in [6.45, 7) is 1.84. The van der Waals surface area contributed by atoms with Crippen molar-refractivity contribution in [3.63, 3.8) is 0 Å². The van der Waals surface area contributed by atoms with Crippen molar-refractivity contribution in [1.82, 2.24) is 10.0 Å². The van der Waals surface area contributed by atoms with Gasteiger partial charge in [-0.3, -0.25) is 0 Å². The second kappa shape index (κ2) is 5.11. The molecule has 0 bridgehead atoms. The quantitative estimate of drug-likeness (QED) is 0.611. The van der Waals surface area contributed by atoms with Crippen molar-refractivity contribution in [2.45, 2.75) is 11.8 Å². The maximum Gasteiger partial charge on any atom is 0.314 e. The van der Waals surface area contributed by atoms with Crippen LogP contribution in [0.3, 0.4) is 0 Å². The minimum Gasteiger partial charge on any atom is -0.226 e. The van der Waals surface area contributed by atoms with Gasteiger partial charge in [0.15, 0.2) is 0 Å². The Bertz CT molecular complexity index is 497. The third kappa shape index (κ3) is 2.92. The highest BCUT2D eigenvalue weighted by Gasteiger charge is 2.32. The van der Waals surface area contributed by atoms with Gasteiger partial charge in [0, 0.05) is 10.0 Å². The number of sulfonamides is 1. The lowest BCUT2D eigenvalue weighted by atomic mass is 10.2. The summed E-state index contributed by atoms with van der Waals surface area (Å²) in [6, 6.07) is 6.17. The Kier molecular flexibility index (Phi) is 4.02. The summed E-state index contributed by atoms with van der Waals surface area (Å²) in [5.41, 5.74) is 2.79. The van der Waals surface area contributed by atoms with Gasteiger partial charge in [-0.05, 0) is 19.1 Å². The fraction of sp³-hybridized carbons (Fsp3) is 0.333. The van der Waals surface area contributed by atoms with E-state index in [9.17, 15) is 13.3 Å². The Morgan fingerprint density at radius 2 is 1.82 bits per heavy atom. The van der Waals surface area contributed by atoms with Gasteiger partial charge in [-0.15, -0.1) is 0 Å². The average molecular weight is 260 g/mol. The van der Waals surface area contributed by atoms with Crippen LogP contribution in [0.4, 0.5) is 0 Å². The topological polar surface area (TPSA) is 78.7 Å². The molecular formula is C9H14N3O4S+. The summed E-state index contributed by atoms with van der Waals surface area (Å²) in [5.74, 6) is 0. The zero-order chi connectivity index (χ0) is 13.1. The van der Waals surface area contributed by atoms with Crippen molar-refractivity contribution in [3.05, 3.63) is 34.7 Å². The molecule has 7 nitrogen and oxygen atoms in total. The maximum atomic E-state index is 11.9. The zero-order valence-electron chi connectivity index (χ0n) is 9.75. The second-order valence-corrected chi connectivity index (χ2v) is 5.27. The van der Waals surface area contributed by atoms with Crippen molar-refractivity contribution in [2.24, 2.45) is 0 Å². The molecule has 0 unspecified atom stereocenters. The van der Waals surface area contributed by atoms with Crippen LogP contribution in [-0.4, -0.2) is 32.0 Å². The van der Waals surface area contributed by atoms with Gasteiger partial charge in [0.1, 0.15) is 0 Å². The Balaban J connectivity index is 3.03. The highest BCUT2D eigenvalue weighted by Crippen LogP contribution is 2.14. The van der Waals surface area contributed by atoms with E-state index in [1.807, 2.05) is 12.5 Å². The van der Waals surface area contributed by atoms with Crippen molar-refractivity contribution in [3.8, 4) is 0 Å². The van der Waals surface area contributed by atoms with E-state index in [1.54, 1.807) is 12.1 Å². The SMILES string of the molecule is CON[N+](=O)N(C)S(=O)(=O)c1ccc(C)cc1. The molecule has 0 radical (unpaired) electrons. The van der Waals surface area contributed by atoms with Crippen molar-refractivity contribution in [2.75, 3.05) is 14.2 Å². The van der Waals surface area contributed by atoms with E-state index in [2.05, 4.69) is 4.84 Å². The molecule has 1 aromatic rings. The molecule has 17 heavy (non-hydrogen) atoms. The van der Waals surface area contributed by atoms with Crippen LogP contribution in [-0.2, 0) is 14.9 Å². The molecule has 0 aromatic heterocycles. The van der Waals surface area contributed by atoms with Crippen LogP contribution in [0.25, 0.3) is 0 Å². The van der Waals surface area contributed by atoms with Crippen LogP contribution >= 0.6 is 0 Å². The van der Waals surface area contributed by atoms with Crippen LogP contribution in [0, 0.1) is 11.8 Å². The number of benzene rings is 1. The first kappa shape index (κ1) is 13.4. The number of nitroso groups, excluding NO2 is 1. The minimum atomic E-state index is -3.87. The Morgan fingerprint density at radius 1 is 1.29 bits per heavy atom. The summed E-state index contributed by atoms with van der Waals surface area (Å²) in [6.07, 6.45) is 0. The van der Waals surface area contributed by atoms with E-state index in [0.29, 0.717) is 4.41 Å². The summed E-state index contributed by atoms with van der Waals surface area (Å²) in [5, 5.41) is 0. The third-order valence-corrected chi connectivity index (χ3v) is 3.80. The Hall–Kier alpha value is -1.67. The Morgan fingerprint density at radius 3 is 2.29 bits per heavy atom. The molecule has 0 aliphatic heterocycles. The number of rotatable bonds is 5. The largest absolute Gasteiger partial charge is 0.314 e. The van der Waals surface area contributed by atoms with Crippen molar-refractivity contribution >= 4 is 10.0 Å². The van der Waals surface area contributed by atoms with E-state index >= 15 is 0 Å². The predicted molar refractivity (Wildman–Crippen MR) is 59.9 cm³/mol. The van der Waals surface area contributed by atoms with Gasteiger partial charge in [0.2, 0.25) is 0 Å². The summed E-state index contributed by atoms with van der Waals surface area (Å²) >= 11 is 0. The zero-order valence-corrected chi connectivity index (χ0v) is 10.6. The third-order valence-electron chi connectivity index (χ3n) is 2.09. The molecule has 94 valence electrons.